The van der Waals surface area contributed by atoms with Crippen LogP contribution in [0.1, 0.15) is 36.0 Å². The number of carbonyl (C=O) groups excluding carboxylic acids is 2. The summed E-state index contributed by atoms with van der Waals surface area (Å²) in [5.74, 6) is 1.10. The Morgan fingerprint density at radius 2 is 1.88 bits per heavy atom. The lowest BCUT2D eigenvalue weighted by atomic mass is 9.76. The van der Waals surface area contributed by atoms with Gasteiger partial charge in [0.25, 0.3) is 5.91 Å². The van der Waals surface area contributed by atoms with Gasteiger partial charge in [-0.1, -0.05) is 24.3 Å². The minimum atomic E-state index is 0.0612. The summed E-state index contributed by atoms with van der Waals surface area (Å²) in [6.45, 7) is 2.22. The van der Waals surface area contributed by atoms with E-state index >= 15 is 0 Å². The van der Waals surface area contributed by atoms with E-state index in [0.717, 1.165) is 48.9 Å². The maximum Gasteiger partial charge on any atom is 0.254 e. The summed E-state index contributed by atoms with van der Waals surface area (Å²) in [4.78, 5) is 39.7. The van der Waals surface area contributed by atoms with E-state index in [1.807, 2.05) is 53.4 Å². The van der Waals surface area contributed by atoms with Crippen molar-refractivity contribution in [1.29, 1.82) is 0 Å². The standard InChI is InChI=1S/C26H26N4O2/c31-25-10-5-9-24-18-12-17(15-30(24)25)14-29(16-18)26(32)20-13-23(22-8-3-4-11-27-22)28-21-7-2-1-6-19(20)21/h1-4,6-8,11,13,17-18,24H,5,9-10,12,14-16H2. The normalized spacial score (nSPS) is 25.0. The number of hydrogen-bond donors (Lipinski definition) is 0. The van der Waals surface area contributed by atoms with Gasteiger partial charge in [0.2, 0.25) is 5.91 Å². The predicted molar refractivity (Wildman–Crippen MR) is 122 cm³/mol. The summed E-state index contributed by atoms with van der Waals surface area (Å²) < 4.78 is 0. The SMILES string of the molecule is O=C(c1cc(-c2ccccn2)nc2ccccc12)N1CC2CC(C1)C1CCCC(=O)N1C2. The van der Waals surface area contributed by atoms with Crippen LogP contribution in [-0.4, -0.2) is 57.3 Å². The number of piperidine rings is 3. The highest BCUT2D eigenvalue weighted by atomic mass is 16.2. The minimum Gasteiger partial charge on any atom is -0.339 e. The van der Waals surface area contributed by atoms with Crippen molar-refractivity contribution in [1.82, 2.24) is 19.8 Å². The van der Waals surface area contributed by atoms with Crippen LogP contribution < -0.4 is 0 Å². The zero-order chi connectivity index (χ0) is 21.7. The highest BCUT2D eigenvalue weighted by Gasteiger charge is 2.45. The number of hydrogen-bond acceptors (Lipinski definition) is 4. The Bertz CT molecular complexity index is 1190. The fourth-order valence-corrected chi connectivity index (χ4v) is 5.94. The third kappa shape index (κ3) is 3.25. The van der Waals surface area contributed by atoms with Gasteiger partial charge in [0, 0.05) is 43.7 Å². The summed E-state index contributed by atoms with van der Waals surface area (Å²) in [6, 6.07) is 15.8. The van der Waals surface area contributed by atoms with Crippen molar-refractivity contribution >= 4 is 22.7 Å². The fourth-order valence-electron chi connectivity index (χ4n) is 5.94. The fraction of sp³-hybridized carbons (Fsp3) is 0.385. The summed E-state index contributed by atoms with van der Waals surface area (Å²) in [5, 5.41) is 0.877. The number of benzene rings is 1. The number of carbonyl (C=O) groups is 2. The van der Waals surface area contributed by atoms with Gasteiger partial charge in [0.15, 0.2) is 0 Å². The molecule has 162 valence electrons. The van der Waals surface area contributed by atoms with Crippen LogP contribution >= 0.6 is 0 Å². The molecule has 3 aliphatic rings. The Morgan fingerprint density at radius 3 is 2.75 bits per heavy atom. The van der Waals surface area contributed by atoms with E-state index in [2.05, 4.69) is 9.88 Å². The molecule has 0 N–H and O–H groups in total. The zero-order valence-corrected chi connectivity index (χ0v) is 18.0. The van der Waals surface area contributed by atoms with Gasteiger partial charge in [-0.25, -0.2) is 4.98 Å². The van der Waals surface area contributed by atoms with Crippen LogP contribution in [-0.2, 0) is 4.79 Å². The number of nitrogens with zero attached hydrogens (tertiary/aromatic N) is 4. The Kier molecular flexibility index (Phi) is 4.67. The molecule has 32 heavy (non-hydrogen) atoms. The Labute approximate surface area is 187 Å². The van der Waals surface area contributed by atoms with Crippen LogP contribution in [0.15, 0.2) is 54.7 Å². The monoisotopic (exact) mass is 426 g/mol. The van der Waals surface area contributed by atoms with Gasteiger partial charge in [-0.05, 0) is 55.4 Å². The number of pyridine rings is 2. The molecule has 0 spiro atoms. The van der Waals surface area contributed by atoms with Crippen molar-refractivity contribution in [2.75, 3.05) is 19.6 Å². The van der Waals surface area contributed by atoms with Crippen molar-refractivity contribution in [3.8, 4) is 11.4 Å². The van der Waals surface area contributed by atoms with Gasteiger partial charge in [-0.2, -0.15) is 0 Å². The lowest BCUT2D eigenvalue weighted by molar-refractivity contribution is -0.144. The van der Waals surface area contributed by atoms with Crippen molar-refractivity contribution < 1.29 is 9.59 Å². The number of fused-ring (bicyclic) bond motifs is 5. The first-order chi connectivity index (χ1) is 15.7. The number of aromatic nitrogens is 2. The molecule has 0 saturated carbocycles. The van der Waals surface area contributed by atoms with E-state index in [4.69, 9.17) is 4.98 Å². The summed E-state index contributed by atoms with van der Waals surface area (Å²) >= 11 is 0. The largest absolute Gasteiger partial charge is 0.339 e. The van der Waals surface area contributed by atoms with Gasteiger partial charge >= 0.3 is 0 Å². The second-order valence-corrected chi connectivity index (χ2v) is 9.36. The maximum absolute atomic E-state index is 13.8. The van der Waals surface area contributed by atoms with Gasteiger partial charge in [-0.15, -0.1) is 0 Å². The molecule has 2 aromatic heterocycles. The van der Waals surface area contributed by atoms with Crippen LogP contribution in [0.4, 0.5) is 0 Å². The van der Waals surface area contributed by atoms with Crippen molar-refractivity contribution in [3.05, 3.63) is 60.3 Å². The van der Waals surface area contributed by atoms with Gasteiger partial charge in [-0.3, -0.25) is 14.6 Å². The van der Waals surface area contributed by atoms with E-state index in [-0.39, 0.29) is 5.91 Å². The van der Waals surface area contributed by atoms with E-state index in [9.17, 15) is 9.59 Å². The van der Waals surface area contributed by atoms with Crippen molar-refractivity contribution in [2.45, 2.75) is 31.7 Å². The molecule has 2 bridgehead atoms. The molecule has 3 saturated heterocycles. The number of rotatable bonds is 2. The summed E-state index contributed by atoms with van der Waals surface area (Å²) in [5.41, 5.74) is 2.97. The Morgan fingerprint density at radius 1 is 1.00 bits per heavy atom. The lowest BCUT2D eigenvalue weighted by Gasteiger charge is -2.52. The van der Waals surface area contributed by atoms with E-state index < -0.39 is 0 Å². The second-order valence-electron chi connectivity index (χ2n) is 9.36. The molecule has 0 radical (unpaired) electrons. The molecule has 6 heteroatoms. The first-order valence-corrected chi connectivity index (χ1v) is 11.6. The maximum atomic E-state index is 13.8. The van der Waals surface area contributed by atoms with Crippen molar-refractivity contribution in [3.63, 3.8) is 0 Å². The number of likely N-dealkylation sites (tertiary alicyclic amines) is 1. The second kappa shape index (κ2) is 7.69. The minimum absolute atomic E-state index is 0.0612. The summed E-state index contributed by atoms with van der Waals surface area (Å²) in [7, 11) is 0. The lowest BCUT2D eigenvalue weighted by Crippen LogP contribution is -2.61. The molecule has 5 heterocycles. The average molecular weight is 427 g/mol. The third-order valence-electron chi connectivity index (χ3n) is 7.34. The topological polar surface area (TPSA) is 66.4 Å². The van der Waals surface area contributed by atoms with Crippen LogP contribution in [0.3, 0.4) is 0 Å². The van der Waals surface area contributed by atoms with Crippen LogP contribution in [0.25, 0.3) is 22.3 Å². The molecule has 3 unspecified atom stereocenters. The molecule has 1 aromatic carbocycles. The van der Waals surface area contributed by atoms with Crippen LogP contribution in [0.5, 0.6) is 0 Å². The molecule has 6 nitrogen and oxygen atoms in total. The Balaban J connectivity index is 1.36. The third-order valence-corrected chi connectivity index (χ3v) is 7.34. The molecule has 2 amide bonds. The molecular weight excluding hydrogens is 400 g/mol. The van der Waals surface area contributed by atoms with E-state index in [0.29, 0.717) is 48.0 Å². The Hall–Kier alpha value is -3.28. The number of amides is 2. The smallest absolute Gasteiger partial charge is 0.254 e. The van der Waals surface area contributed by atoms with Crippen LogP contribution in [0, 0.1) is 11.8 Å². The highest BCUT2D eigenvalue weighted by molar-refractivity contribution is 6.07. The van der Waals surface area contributed by atoms with Gasteiger partial charge < -0.3 is 9.80 Å². The quantitative estimate of drug-likeness (QED) is 0.626. The molecule has 3 fully saturated rings. The van der Waals surface area contributed by atoms with Gasteiger partial charge in [0.1, 0.15) is 0 Å². The van der Waals surface area contributed by atoms with Crippen molar-refractivity contribution in [2.24, 2.45) is 11.8 Å². The summed E-state index contributed by atoms with van der Waals surface area (Å²) in [6.07, 6.45) is 5.58. The van der Waals surface area contributed by atoms with Crippen LogP contribution in [0.2, 0.25) is 0 Å². The highest BCUT2D eigenvalue weighted by Crippen LogP contribution is 2.38. The molecule has 3 aliphatic heterocycles. The first-order valence-electron chi connectivity index (χ1n) is 11.6. The first kappa shape index (κ1) is 19.4. The molecule has 3 aromatic rings. The number of para-hydroxylation sites is 1. The van der Waals surface area contributed by atoms with E-state index in [1.54, 1.807) is 6.20 Å². The molecule has 3 atom stereocenters. The molecule has 0 aliphatic carbocycles. The van der Waals surface area contributed by atoms with E-state index in [1.165, 1.54) is 0 Å². The molecule has 6 rings (SSSR count). The van der Waals surface area contributed by atoms with Gasteiger partial charge in [0.05, 0.1) is 22.5 Å². The predicted octanol–water partition coefficient (Wildman–Crippen LogP) is 3.77. The zero-order valence-electron chi connectivity index (χ0n) is 18.0. The average Bonchev–Trinajstić information content (AvgIpc) is 2.84. The molecular formula is C26H26N4O2.